The molecule has 3 aromatic rings. The molecule has 6 heteroatoms. The molecule has 18 heavy (non-hydrogen) atoms. The molecule has 1 N–H and O–H groups in total. The van der Waals surface area contributed by atoms with Crippen molar-refractivity contribution >= 4 is 27.9 Å². The van der Waals surface area contributed by atoms with E-state index in [2.05, 4.69) is 9.97 Å². The molecule has 3 heterocycles. The van der Waals surface area contributed by atoms with Gasteiger partial charge < -0.3 is 5.11 Å². The molecule has 0 radical (unpaired) electrons. The van der Waals surface area contributed by atoms with E-state index in [9.17, 15) is 5.11 Å². The maximum absolute atomic E-state index is 10.2. The van der Waals surface area contributed by atoms with Crippen LogP contribution in [0.5, 0.6) is 0 Å². The second-order valence-corrected chi connectivity index (χ2v) is 5.22. The molecule has 0 aliphatic rings. The van der Waals surface area contributed by atoms with Crippen LogP contribution in [0.15, 0.2) is 36.2 Å². The Bertz CT molecular complexity index is 650. The van der Waals surface area contributed by atoms with Crippen molar-refractivity contribution in [2.45, 2.75) is 12.5 Å². The first-order chi connectivity index (χ1) is 8.74. The van der Waals surface area contributed by atoms with Gasteiger partial charge in [-0.3, -0.25) is 9.38 Å². The third kappa shape index (κ3) is 2.12. The van der Waals surface area contributed by atoms with Crippen LogP contribution >= 0.6 is 22.9 Å². The predicted octanol–water partition coefficient (Wildman–Crippen LogP) is 2.72. The number of nitrogens with zero attached hydrogens (tertiary/aromatic N) is 3. The van der Waals surface area contributed by atoms with Crippen molar-refractivity contribution < 1.29 is 5.11 Å². The van der Waals surface area contributed by atoms with Gasteiger partial charge in [-0.1, -0.05) is 11.6 Å². The van der Waals surface area contributed by atoms with Crippen molar-refractivity contribution in [1.29, 1.82) is 0 Å². The number of hydrogen-bond donors (Lipinski definition) is 1. The van der Waals surface area contributed by atoms with E-state index in [1.165, 1.54) is 6.20 Å². The van der Waals surface area contributed by atoms with Crippen molar-refractivity contribution in [1.82, 2.24) is 14.4 Å². The molecule has 1 unspecified atom stereocenters. The summed E-state index contributed by atoms with van der Waals surface area (Å²) in [5, 5.41) is 12.6. The van der Waals surface area contributed by atoms with Crippen molar-refractivity contribution in [3.05, 3.63) is 52.5 Å². The van der Waals surface area contributed by atoms with E-state index in [1.54, 1.807) is 23.6 Å². The molecule has 4 nitrogen and oxygen atoms in total. The number of rotatable bonds is 3. The molecular weight excluding hydrogens is 270 g/mol. The molecular formula is C12H10ClN3OS. The lowest BCUT2D eigenvalue weighted by atomic mass is 10.1. The molecule has 3 aromatic heterocycles. The van der Waals surface area contributed by atoms with Crippen LogP contribution in [-0.4, -0.2) is 19.5 Å². The Labute approximate surface area is 113 Å². The number of aromatic nitrogens is 3. The number of hydrogen-bond acceptors (Lipinski definition) is 4. The molecule has 1 atom stereocenters. The highest BCUT2D eigenvalue weighted by Crippen LogP contribution is 2.24. The monoisotopic (exact) mass is 279 g/mol. The van der Waals surface area contributed by atoms with Crippen molar-refractivity contribution in [2.24, 2.45) is 0 Å². The van der Waals surface area contributed by atoms with Crippen molar-refractivity contribution in [3.63, 3.8) is 0 Å². The van der Waals surface area contributed by atoms with E-state index in [4.69, 9.17) is 11.6 Å². The van der Waals surface area contributed by atoms with Crippen LogP contribution < -0.4 is 0 Å². The van der Waals surface area contributed by atoms with Gasteiger partial charge in [0.25, 0.3) is 0 Å². The molecule has 0 aliphatic heterocycles. The first-order valence-electron chi connectivity index (χ1n) is 5.42. The second-order valence-electron chi connectivity index (χ2n) is 3.94. The summed E-state index contributed by atoms with van der Waals surface area (Å²) < 4.78 is 1.95. The third-order valence-electron chi connectivity index (χ3n) is 2.71. The normalized spacial score (nSPS) is 13.0. The van der Waals surface area contributed by atoms with Gasteiger partial charge in [0.15, 0.2) is 4.96 Å². The Balaban J connectivity index is 1.84. The minimum Gasteiger partial charge on any atom is -0.388 e. The molecule has 0 saturated carbocycles. The maximum Gasteiger partial charge on any atom is 0.193 e. The molecule has 0 spiro atoms. The van der Waals surface area contributed by atoms with Crippen molar-refractivity contribution in [3.8, 4) is 0 Å². The maximum atomic E-state index is 10.2. The molecule has 0 amide bonds. The van der Waals surface area contributed by atoms with Gasteiger partial charge in [-0.15, -0.1) is 11.3 Å². The van der Waals surface area contributed by atoms with Crippen LogP contribution in [0, 0.1) is 0 Å². The fourth-order valence-electron chi connectivity index (χ4n) is 1.84. The fourth-order valence-corrected chi connectivity index (χ4v) is 2.80. The van der Waals surface area contributed by atoms with Gasteiger partial charge >= 0.3 is 0 Å². The van der Waals surface area contributed by atoms with Gasteiger partial charge in [-0.25, -0.2) is 4.98 Å². The van der Waals surface area contributed by atoms with Gasteiger partial charge in [0.1, 0.15) is 0 Å². The van der Waals surface area contributed by atoms with Gasteiger partial charge in [0.2, 0.25) is 0 Å². The summed E-state index contributed by atoms with van der Waals surface area (Å²) in [6.07, 6.45) is 6.80. The topological polar surface area (TPSA) is 50.4 Å². The Morgan fingerprint density at radius 3 is 3.17 bits per heavy atom. The smallest absolute Gasteiger partial charge is 0.193 e. The SMILES string of the molecule is OC(Cc1cn2ccsc2n1)c1ccncc1Cl. The van der Waals surface area contributed by atoms with E-state index < -0.39 is 6.10 Å². The molecule has 0 saturated heterocycles. The molecule has 0 fully saturated rings. The lowest BCUT2D eigenvalue weighted by Gasteiger charge is -2.10. The largest absolute Gasteiger partial charge is 0.388 e. The standard InChI is InChI=1S/C12H10ClN3OS/c13-10-6-14-2-1-9(10)11(17)5-8-7-16-3-4-18-12(16)15-8/h1-4,6-7,11,17H,5H2. The minimum atomic E-state index is -0.662. The zero-order chi connectivity index (χ0) is 12.5. The van der Waals surface area contributed by atoms with Crippen molar-refractivity contribution in [2.75, 3.05) is 0 Å². The zero-order valence-corrected chi connectivity index (χ0v) is 10.9. The summed E-state index contributed by atoms with van der Waals surface area (Å²) in [6.45, 7) is 0. The van der Waals surface area contributed by atoms with Crippen LogP contribution in [0.4, 0.5) is 0 Å². The van der Waals surface area contributed by atoms with E-state index in [-0.39, 0.29) is 0 Å². The summed E-state index contributed by atoms with van der Waals surface area (Å²) in [7, 11) is 0. The number of fused-ring (bicyclic) bond motifs is 1. The summed E-state index contributed by atoms with van der Waals surface area (Å²) in [6, 6.07) is 1.73. The number of thiazole rings is 1. The molecule has 0 aliphatic carbocycles. The van der Waals surface area contributed by atoms with Crippen LogP contribution in [0.25, 0.3) is 4.96 Å². The average molecular weight is 280 g/mol. The van der Waals surface area contributed by atoms with Gasteiger partial charge in [-0.2, -0.15) is 0 Å². The van der Waals surface area contributed by atoms with E-state index in [1.807, 2.05) is 22.2 Å². The first-order valence-corrected chi connectivity index (χ1v) is 6.68. The number of pyridine rings is 1. The first kappa shape index (κ1) is 11.6. The van der Waals surface area contributed by atoms with Gasteiger partial charge in [0.05, 0.1) is 16.8 Å². The second kappa shape index (κ2) is 4.68. The third-order valence-corrected chi connectivity index (χ3v) is 3.79. The van der Waals surface area contributed by atoms with Gasteiger partial charge in [0, 0.05) is 42.2 Å². The Kier molecular flexibility index (Phi) is 3.03. The van der Waals surface area contributed by atoms with Crippen LogP contribution in [-0.2, 0) is 6.42 Å². The van der Waals surface area contributed by atoms with Crippen LogP contribution in [0.3, 0.4) is 0 Å². The molecule has 0 bridgehead atoms. The van der Waals surface area contributed by atoms with E-state index in [0.29, 0.717) is 17.0 Å². The zero-order valence-electron chi connectivity index (χ0n) is 9.32. The molecule has 92 valence electrons. The number of aliphatic hydroxyl groups is 1. The Hall–Kier alpha value is -1.43. The summed E-state index contributed by atoms with van der Waals surface area (Å²) in [5.74, 6) is 0. The number of imidazole rings is 1. The van der Waals surface area contributed by atoms with Gasteiger partial charge in [-0.05, 0) is 6.07 Å². The predicted molar refractivity (Wildman–Crippen MR) is 71.0 cm³/mol. The molecule has 0 aromatic carbocycles. The lowest BCUT2D eigenvalue weighted by molar-refractivity contribution is 0.177. The quantitative estimate of drug-likeness (QED) is 0.802. The highest BCUT2D eigenvalue weighted by molar-refractivity contribution is 7.15. The summed E-state index contributed by atoms with van der Waals surface area (Å²) in [5.41, 5.74) is 1.53. The van der Waals surface area contributed by atoms with Crippen LogP contribution in [0.2, 0.25) is 5.02 Å². The van der Waals surface area contributed by atoms with Crippen LogP contribution in [0.1, 0.15) is 17.4 Å². The highest BCUT2D eigenvalue weighted by Gasteiger charge is 2.14. The lowest BCUT2D eigenvalue weighted by Crippen LogP contribution is -2.03. The fraction of sp³-hybridized carbons (Fsp3) is 0.167. The summed E-state index contributed by atoms with van der Waals surface area (Å²) >= 11 is 7.57. The van der Waals surface area contributed by atoms with E-state index >= 15 is 0 Å². The summed E-state index contributed by atoms with van der Waals surface area (Å²) in [4.78, 5) is 9.26. The highest BCUT2D eigenvalue weighted by atomic mass is 35.5. The minimum absolute atomic E-state index is 0.443. The molecule has 3 rings (SSSR count). The Morgan fingerprint density at radius 2 is 2.39 bits per heavy atom. The number of halogens is 1. The van der Waals surface area contributed by atoms with E-state index in [0.717, 1.165) is 10.7 Å². The Morgan fingerprint density at radius 1 is 1.50 bits per heavy atom. The number of aliphatic hydroxyl groups excluding tert-OH is 1. The average Bonchev–Trinajstić information content (AvgIpc) is 2.90.